The SMILES string of the molecule is COCc1cc(CNC(C)C)ccc1OC. The number of hydrogen-bond acceptors (Lipinski definition) is 3. The van der Waals surface area contributed by atoms with Crippen LogP contribution in [0, 0.1) is 0 Å². The van der Waals surface area contributed by atoms with Gasteiger partial charge in [0.25, 0.3) is 0 Å². The zero-order valence-electron chi connectivity index (χ0n) is 10.5. The Morgan fingerprint density at radius 3 is 2.56 bits per heavy atom. The van der Waals surface area contributed by atoms with E-state index in [9.17, 15) is 0 Å². The Morgan fingerprint density at radius 2 is 2.00 bits per heavy atom. The van der Waals surface area contributed by atoms with E-state index in [1.165, 1.54) is 5.56 Å². The number of methoxy groups -OCH3 is 2. The first kappa shape index (κ1) is 13.0. The molecule has 1 aromatic rings. The summed E-state index contributed by atoms with van der Waals surface area (Å²) in [4.78, 5) is 0. The lowest BCUT2D eigenvalue weighted by molar-refractivity contribution is 0.181. The third-order valence-electron chi connectivity index (χ3n) is 2.36. The van der Waals surface area contributed by atoms with Gasteiger partial charge in [0.05, 0.1) is 13.7 Å². The van der Waals surface area contributed by atoms with Gasteiger partial charge in [0, 0.05) is 25.3 Å². The van der Waals surface area contributed by atoms with E-state index in [-0.39, 0.29) is 0 Å². The Bertz CT molecular complexity index is 324. The van der Waals surface area contributed by atoms with Crippen LogP contribution < -0.4 is 10.1 Å². The Balaban J connectivity index is 2.76. The minimum absolute atomic E-state index is 0.493. The largest absolute Gasteiger partial charge is 0.496 e. The van der Waals surface area contributed by atoms with Crippen LogP contribution in [0.3, 0.4) is 0 Å². The number of hydrogen-bond donors (Lipinski definition) is 1. The average Bonchev–Trinajstić information content (AvgIpc) is 2.27. The molecule has 0 saturated carbocycles. The van der Waals surface area contributed by atoms with Gasteiger partial charge in [-0.15, -0.1) is 0 Å². The first-order chi connectivity index (χ1) is 7.67. The molecule has 0 aliphatic carbocycles. The van der Waals surface area contributed by atoms with Crippen molar-refractivity contribution >= 4 is 0 Å². The standard InChI is InChI=1S/C13H21NO2/c1-10(2)14-8-11-5-6-13(16-4)12(7-11)9-15-3/h5-7,10,14H,8-9H2,1-4H3. The second-order valence-corrected chi connectivity index (χ2v) is 4.11. The summed E-state index contributed by atoms with van der Waals surface area (Å²) in [5.74, 6) is 0.884. The molecule has 16 heavy (non-hydrogen) atoms. The summed E-state index contributed by atoms with van der Waals surface area (Å²) in [6.45, 7) is 5.73. The lowest BCUT2D eigenvalue weighted by Gasteiger charge is -2.12. The van der Waals surface area contributed by atoms with Crippen molar-refractivity contribution in [2.45, 2.75) is 33.0 Å². The maximum absolute atomic E-state index is 5.28. The second-order valence-electron chi connectivity index (χ2n) is 4.11. The van der Waals surface area contributed by atoms with Crippen LogP contribution >= 0.6 is 0 Å². The minimum atomic E-state index is 0.493. The van der Waals surface area contributed by atoms with E-state index >= 15 is 0 Å². The molecule has 0 atom stereocenters. The summed E-state index contributed by atoms with van der Waals surface area (Å²) in [6.07, 6.45) is 0. The molecule has 1 rings (SSSR count). The van der Waals surface area contributed by atoms with Gasteiger partial charge in [-0.1, -0.05) is 19.9 Å². The van der Waals surface area contributed by atoms with E-state index in [0.29, 0.717) is 12.6 Å². The monoisotopic (exact) mass is 223 g/mol. The molecule has 0 heterocycles. The van der Waals surface area contributed by atoms with Crippen LogP contribution in [0.25, 0.3) is 0 Å². The highest BCUT2D eigenvalue weighted by atomic mass is 16.5. The van der Waals surface area contributed by atoms with E-state index in [1.54, 1.807) is 14.2 Å². The molecule has 1 aromatic carbocycles. The average molecular weight is 223 g/mol. The molecule has 0 unspecified atom stereocenters. The minimum Gasteiger partial charge on any atom is -0.496 e. The van der Waals surface area contributed by atoms with E-state index < -0.39 is 0 Å². The first-order valence-corrected chi connectivity index (χ1v) is 5.55. The molecule has 3 nitrogen and oxygen atoms in total. The summed E-state index contributed by atoms with van der Waals surface area (Å²) >= 11 is 0. The van der Waals surface area contributed by atoms with E-state index in [0.717, 1.165) is 17.9 Å². The molecule has 0 radical (unpaired) electrons. The maximum atomic E-state index is 5.28. The third-order valence-corrected chi connectivity index (χ3v) is 2.36. The highest BCUT2D eigenvalue weighted by molar-refractivity contribution is 5.36. The molecule has 90 valence electrons. The molecule has 0 aliphatic heterocycles. The molecule has 0 saturated heterocycles. The van der Waals surface area contributed by atoms with Gasteiger partial charge in [-0.25, -0.2) is 0 Å². The highest BCUT2D eigenvalue weighted by Gasteiger charge is 2.04. The van der Waals surface area contributed by atoms with Crippen LogP contribution in [0.15, 0.2) is 18.2 Å². The summed E-state index contributed by atoms with van der Waals surface area (Å²) in [6, 6.07) is 6.68. The molecular weight excluding hydrogens is 202 g/mol. The van der Waals surface area contributed by atoms with Crippen LogP contribution in [-0.4, -0.2) is 20.3 Å². The Morgan fingerprint density at radius 1 is 1.25 bits per heavy atom. The van der Waals surface area contributed by atoms with Crippen LogP contribution in [0.4, 0.5) is 0 Å². The van der Waals surface area contributed by atoms with Crippen molar-refractivity contribution in [3.8, 4) is 5.75 Å². The fourth-order valence-electron chi connectivity index (χ4n) is 1.53. The van der Waals surface area contributed by atoms with Gasteiger partial charge in [-0.05, 0) is 17.7 Å². The van der Waals surface area contributed by atoms with Crippen LogP contribution in [0.2, 0.25) is 0 Å². The van der Waals surface area contributed by atoms with Gasteiger partial charge < -0.3 is 14.8 Å². The third kappa shape index (κ3) is 3.83. The summed E-state index contributed by atoms with van der Waals surface area (Å²) in [5, 5.41) is 3.39. The molecule has 3 heteroatoms. The lowest BCUT2D eigenvalue weighted by atomic mass is 10.1. The number of nitrogens with one attached hydrogen (secondary N) is 1. The van der Waals surface area contributed by atoms with E-state index in [1.807, 2.05) is 6.07 Å². The first-order valence-electron chi connectivity index (χ1n) is 5.55. The Kier molecular flexibility index (Phi) is 5.29. The van der Waals surface area contributed by atoms with Crippen LogP contribution in [0.1, 0.15) is 25.0 Å². The predicted octanol–water partition coefficient (Wildman–Crippen LogP) is 2.34. The molecule has 0 bridgehead atoms. The van der Waals surface area contributed by atoms with Gasteiger partial charge in [0.1, 0.15) is 5.75 Å². The quantitative estimate of drug-likeness (QED) is 0.803. The molecule has 0 aliphatic rings. The summed E-state index contributed by atoms with van der Waals surface area (Å²) < 4.78 is 10.4. The van der Waals surface area contributed by atoms with Crippen LogP contribution in [-0.2, 0) is 17.9 Å². The van der Waals surface area contributed by atoms with E-state index in [4.69, 9.17) is 9.47 Å². The normalized spacial score (nSPS) is 10.8. The second kappa shape index (κ2) is 6.51. The number of benzene rings is 1. The van der Waals surface area contributed by atoms with Crippen molar-refractivity contribution < 1.29 is 9.47 Å². The van der Waals surface area contributed by atoms with Gasteiger partial charge in [-0.2, -0.15) is 0 Å². The molecule has 0 spiro atoms. The molecule has 0 fully saturated rings. The number of rotatable bonds is 6. The van der Waals surface area contributed by atoms with Crippen LogP contribution in [0.5, 0.6) is 5.75 Å². The Hall–Kier alpha value is -1.06. The van der Waals surface area contributed by atoms with E-state index in [2.05, 4.69) is 31.3 Å². The molecule has 0 amide bonds. The lowest BCUT2D eigenvalue weighted by Crippen LogP contribution is -2.21. The van der Waals surface area contributed by atoms with Crippen molar-refractivity contribution in [1.82, 2.24) is 5.32 Å². The van der Waals surface area contributed by atoms with Crippen molar-refractivity contribution in [2.75, 3.05) is 14.2 Å². The van der Waals surface area contributed by atoms with Gasteiger partial charge in [0.2, 0.25) is 0 Å². The maximum Gasteiger partial charge on any atom is 0.124 e. The number of ether oxygens (including phenoxy) is 2. The highest BCUT2D eigenvalue weighted by Crippen LogP contribution is 2.20. The van der Waals surface area contributed by atoms with Crippen molar-refractivity contribution in [1.29, 1.82) is 0 Å². The topological polar surface area (TPSA) is 30.5 Å². The fraction of sp³-hybridized carbons (Fsp3) is 0.538. The summed E-state index contributed by atoms with van der Waals surface area (Å²) in [7, 11) is 3.37. The van der Waals surface area contributed by atoms with Crippen molar-refractivity contribution in [3.63, 3.8) is 0 Å². The van der Waals surface area contributed by atoms with Gasteiger partial charge in [0.15, 0.2) is 0 Å². The molecular formula is C13H21NO2. The smallest absolute Gasteiger partial charge is 0.124 e. The fourth-order valence-corrected chi connectivity index (χ4v) is 1.53. The Labute approximate surface area is 97.8 Å². The predicted molar refractivity (Wildman–Crippen MR) is 65.7 cm³/mol. The molecule has 0 aromatic heterocycles. The summed E-state index contributed by atoms with van der Waals surface area (Å²) in [5.41, 5.74) is 2.34. The van der Waals surface area contributed by atoms with Gasteiger partial charge in [-0.3, -0.25) is 0 Å². The van der Waals surface area contributed by atoms with Gasteiger partial charge >= 0.3 is 0 Å². The van der Waals surface area contributed by atoms with Crippen molar-refractivity contribution in [3.05, 3.63) is 29.3 Å². The zero-order chi connectivity index (χ0) is 12.0. The molecule has 1 N–H and O–H groups in total. The zero-order valence-corrected chi connectivity index (χ0v) is 10.5. The van der Waals surface area contributed by atoms with Crippen molar-refractivity contribution in [2.24, 2.45) is 0 Å².